The zero-order chi connectivity index (χ0) is 18.5. The Morgan fingerprint density at radius 1 is 0.885 bits per heavy atom. The lowest BCUT2D eigenvalue weighted by atomic mass is 10.2. The summed E-state index contributed by atoms with van der Waals surface area (Å²) in [6, 6.07) is 16.6. The molecule has 6 nitrogen and oxygen atoms in total. The van der Waals surface area contributed by atoms with E-state index in [1.54, 1.807) is 0 Å². The van der Waals surface area contributed by atoms with Crippen LogP contribution >= 0.6 is 11.6 Å². The van der Waals surface area contributed by atoms with Crippen molar-refractivity contribution >= 4 is 46.2 Å². The SMILES string of the molecule is CC(=O)Nc1ccc(Nc2cc(Nc3cccc(Cl)c3)nc(C)n2)cc1. The summed E-state index contributed by atoms with van der Waals surface area (Å²) in [4.78, 5) is 19.9. The van der Waals surface area contributed by atoms with Crippen molar-refractivity contribution < 1.29 is 4.79 Å². The first-order valence-corrected chi connectivity index (χ1v) is 8.39. The van der Waals surface area contributed by atoms with E-state index in [1.807, 2.05) is 61.5 Å². The monoisotopic (exact) mass is 367 g/mol. The lowest BCUT2D eigenvalue weighted by molar-refractivity contribution is -0.114. The van der Waals surface area contributed by atoms with Gasteiger partial charge in [0.1, 0.15) is 17.5 Å². The molecular weight excluding hydrogens is 350 g/mol. The number of carbonyl (C=O) groups excluding carboxylic acids is 1. The van der Waals surface area contributed by atoms with Gasteiger partial charge >= 0.3 is 0 Å². The van der Waals surface area contributed by atoms with Gasteiger partial charge in [0.05, 0.1) is 0 Å². The van der Waals surface area contributed by atoms with Gasteiger partial charge in [-0.3, -0.25) is 4.79 Å². The van der Waals surface area contributed by atoms with Gasteiger partial charge in [0.2, 0.25) is 5.91 Å². The molecule has 7 heteroatoms. The predicted octanol–water partition coefficient (Wildman–Crippen LogP) is 4.88. The van der Waals surface area contributed by atoms with Crippen molar-refractivity contribution in [3.05, 3.63) is 65.4 Å². The Kier molecular flexibility index (Phi) is 5.34. The van der Waals surface area contributed by atoms with Crippen LogP contribution in [-0.2, 0) is 4.79 Å². The number of carbonyl (C=O) groups is 1. The molecule has 0 spiro atoms. The van der Waals surface area contributed by atoms with Crippen molar-refractivity contribution in [1.82, 2.24) is 9.97 Å². The van der Waals surface area contributed by atoms with E-state index in [2.05, 4.69) is 25.9 Å². The number of nitrogens with zero attached hydrogens (tertiary/aromatic N) is 2. The first-order valence-electron chi connectivity index (χ1n) is 8.01. The third-order valence-corrected chi connectivity index (χ3v) is 3.65. The summed E-state index contributed by atoms with van der Waals surface area (Å²) in [5, 5.41) is 9.84. The van der Waals surface area contributed by atoms with Crippen molar-refractivity contribution in [2.75, 3.05) is 16.0 Å². The number of anilines is 5. The molecule has 0 bridgehead atoms. The average molecular weight is 368 g/mol. The molecule has 2 aromatic carbocycles. The van der Waals surface area contributed by atoms with Crippen LogP contribution in [0.25, 0.3) is 0 Å². The summed E-state index contributed by atoms with van der Waals surface area (Å²) in [7, 11) is 0. The molecular formula is C19H18ClN5O. The summed E-state index contributed by atoms with van der Waals surface area (Å²) < 4.78 is 0. The maximum absolute atomic E-state index is 11.1. The number of nitrogens with one attached hydrogen (secondary N) is 3. The fraction of sp³-hybridized carbons (Fsp3) is 0.105. The Hall–Kier alpha value is -3.12. The molecule has 0 unspecified atom stereocenters. The van der Waals surface area contributed by atoms with Crippen LogP contribution in [0.5, 0.6) is 0 Å². The fourth-order valence-electron chi connectivity index (χ4n) is 2.40. The van der Waals surface area contributed by atoms with E-state index in [1.165, 1.54) is 6.92 Å². The molecule has 1 heterocycles. The van der Waals surface area contributed by atoms with E-state index < -0.39 is 0 Å². The van der Waals surface area contributed by atoms with Gasteiger partial charge < -0.3 is 16.0 Å². The first kappa shape index (κ1) is 17.7. The number of hydrogen-bond acceptors (Lipinski definition) is 5. The molecule has 0 fully saturated rings. The van der Waals surface area contributed by atoms with Gasteiger partial charge in [0.15, 0.2) is 0 Å². The summed E-state index contributed by atoms with van der Waals surface area (Å²) in [5.74, 6) is 1.86. The Balaban J connectivity index is 1.76. The quantitative estimate of drug-likeness (QED) is 0.598. The largest absolute Gasteiger partial charge is 0.340 e. The second-order valence-electron chi connectivity index (χ2n) is 5.70. The van der Waals surface area contributed by atoms with Crippen LogP contribution in [0.1, 0.15) is 12.7 Å². The molecule has 0 saturated heterocycles. The number of hydrogen-bond donors (Lipinski definition) is 3. The molecule has 26 heavy (non-hydrogen) atoms. The molecule has 0 aliphatic heterocycles. The number of amides is 1. The van der Waals surface area contributed by atoms with Gasteiger partial charge in [-0.2, -0.15) is 0 Å². The summed E-state index contributed by atoms with van der Waals surface area (Å²) in [5.41, 5.74) is 2.44. The molecule has 3 aromatic rings. The number of aromatic nitrogens is 2. The summed E-state index contributed by atoms with van der Waals surface area (Å²) in [6.45, 7) is 3.30. The number of aryl methyl sites for hydroxylation is 1. The van der Waals surface area contributed by atoms with Gasteiger partial charge in [-0.05, 0) is 49.4 Å². The zero-order valence-corrected chi connectivity index (χ0v) is 15.1. The van der Waals surface area contributed by atoms with Crippen molar-refractivity contribution in [3.63, 3.8) is 0 Å². The standard InChI is InChI=1S/C19H18ClN5O/c1-12-21-18(24-16-8-6-15(7-9-16)23-13(2)26)11-19(22-12)25-17-5-3-4-14(20)10-17/h3-11H,1-2H3,(H,23,26)(H2,21,22,24,25). The number of halogens is 1. The molecule has 132 valence electrons. The van der Waals surface area contributed by atoms with Crippen molar-refractivity contribution in [2.45, 2.75) is 13.8 Å². The van der Waals surface area contributed by atoms with Crippen LogP contribution in [0.15, 0.2) is 54.6 Å². The third-order valence-electron chi connectivity index (χ3n) is 3.41. The third kappa shape index (κ3) is 4.94. The smallest absolute Gasteiger partial charge is 0.221 e. The Morgan fingerprint density at radius 3 is 2.12 bits per heavy atom. The van der Waals surface area contributed by atoms with Crippen LogP contribution in [0.3, 0.4) is 0 Å². The van der Waals surface area contributed by atoms with E-state index in [4.69, 9.17) is 11.6 Å². The molecule has 1 amide bonds. The molecule has 1 aromatic heterocycles. The Morgan fingerprint density at radius 2 is 1.50 bits per heavy atom. The molecule has 3 N–H and O–H groups in total. The Labute approximate surface area is 156 Å². The maximum atomic E-state index is 11.1. The lowest BCUT2D eigenvalue weighted by Crippen LogP contribution is -2.05. The van der Waals surface area contributed by atoms with E-state index in [0.717, 1.165) is 17.1 Å². The van der Waals surface area contributed by atoms with E-state index in [-0.39, 0.29) is 5.91 Å². The van der Waals surface area contributed by atoms with Crippen LogP contribution in [0.2, 0.25) is 5.02 Å². The van der Waals surface area contributed by atoms with Gasteiger partial charge in [-0.15, -0.1) is 0 Å². The number of benzene rings is 2. The molecule has 0 saturated carbocycles. The summed E-state index contributed by atoms with van der Waals surface area (Å²) in [6.07, 6.45) is 0. The highest BCUT2D eigenvalue weighted by atomic mass is 35.5. The molecule has 3 rings (SSSR count). The van der Waals surface area contributed by atoms with Gasteiger partial charge in [-0.25, -0.2) is 9.97 Å². The average Bonchev–Trinajstić information content (AvgIpc) is 2.56. The van der Waals surface area contributed by atoms with E-state index in [9.17, 15) is 4.79 Å². The molecule has 0 radical (unpaired) electrons. The maximum Gasteiger partial charge on any atom is 0.221 e. The van der Waals surface area contributed by atoms with Crippen molar-refractivity contribution in [3.8, 4) is 0 Å². The van der Waals surface area contributed by atoms with Crippen LogP contribution in [0, 0.1) is 6.92 Å². The van der Waals surface area contributed by atoms with Gasteiger partial charge in [0, 0.05) is 35.1 Å². The minimum atomic E-state index is -0.103. The lowest BCUT2D eigenvalue weighted by Gasteiger charge is -2.11. The minimum absolute atomic E-state index is 0.103. The number of rotatable bonds is 5. The predicted molar refractivity (Wildman–Crippen MR) is 106 cm³/mol. The minimum Gasteiger partial charge on any atom is -0.340 e. The zero-order valence-electron chi connectivity index (χ0n) is 14.4. The van der Waals surface area contributed by atoms with Crippen molar-refractivity contribution in [1.29, 1.82) is 0 Å². The second-order valence-corrected chi connectivity index (χ2v) is 6.14. The second kappa shape index (κ2) is 7.84. The normalized spacial score (nSPS) is 10.3. The Bertz CT molecular complexity index is 927. The fourth-order valence-corrected chi connectivity index (χ4v) is 2.59. The van der Waals surface area contributed by atoms with Gasteiger partial charge in [-0.1, -0.05) is 17.7 Å². The van der Waals surface area contributed by atoms with Crippen molar-refractivity contribution in [2.24, 2.45) is 0 Å². The first-order chi connectivity index (χ1) is 12.5. The molecule has 0 aliphatic rings. The molecule has 0 atom stereocenters. The highest BCUT2D eigenvalue weighted by molar-refractivity contribution is 6.30. The van der Waals surface area contributed by atoms with Crippen LogP contribution in [0.4, 0.5) is 28.7 Å². The van der Waals surface area contributed by atoms with Gasteiger partial charge in [0.25, 0.3) is 0 Å². The highest BCUT2D eigenvalue weighted by Gasteiger charge is 2.04. The van der Waals surface area contributed by atoms with E-state index >= 15 is 0 Å². The van der Waals surface area contributed by atoms with Crippen LogP contribution < -0.4 is 16.0 Å². The topological polar surface area (TPSA) is 78.9 Å². The molecule has 0 aliphatic carbocycles. The summed E-state index contributed by atoms with van der Waals surface area (Å²) >= 11 is 6.01. The van der Waals surface area contributed by atoms with Crippen LogP contribution in [-0.4, -0.2) is 15.9 Å². The highest BCUT2D eigenvalue weighted by Crippen LogP contribution is 2.23. The van der Waals surface area contributed by atoms with E-state index in [0.29, 0.717) is 22.5 Å².